The number of amides is 1. The Hall–Kier alpha value is -2.67. The number of nitrogens with one attached hydrogen (secondary N) is 1. The number of nitrogens with zero attached hydrogens (tertiary/aromatic N) is 2. The first-order valence-electron chi connectivity index (χ1n) is 8.47. The minimum absolute atomic E-state index is 0.0790. The van der Waals surface area contributed by atoms with Crippen molar-refractivity contribution in [3.63, 3.8) is 0 Å². The van der Waals surface area contributed by atoms with Crippen LogP contribution in [0.1, 0.15) is 19.3 Å². The molecule has 3 aromatic rings. The molecule has 3 heterocycles. The molecule has 1 aliphatic heterocycles. The second-order valence-corrected chi connectivity index (χ2v) is 6.23. The fourth-order valence-electron chi connectivity index (χ4n) is 3.18. The van der Waals surface area contributed by atoms with E-state index >= 15 is 0 Å². The summed E-state index contributed by atoms with van der Waals surface area (Å²) in [6.45, 7) is 1.26. The van der Waals surface area contributed by atoms with Gasteiger partial charge in [0.05, 0.1) is 12.4 Å². The lowest BCUT2D eigenvalue weighted by atomic mass is 10.2. The Kier molecular flexibility index (Phi) is 4.23. The van der Waals surface area contributed by atoms with Gasteiger partial charge in [0, 0.05) is 18.5 Å². The highest BCUT2D eigenvalue weighted by molar-refractivity contribution is 6.01. The number of carbonyl (C=O) groups excluding carboxylic acids is 1. The molecule has 1 aromatic carbocycles. The lowest BCUT2D eigenvalue weighted by Gasteiger charge is -2.10. The van der Waals surface area contributed by atoms with Crippen LogP contribution in [0, 0.1) is 0 Å². The molecular formula is C18H19N3O4. The molecule has 0 bridgehead atoms. The average molecular weight is 341 g/mol. The first-order chi connectivity index (χ1) is 12.2. The van der Waals surface area contributed by atoms with Crippen molar-refractivity contribution in [1.82, 2.24) is 14.9 Å². The number of para-hydroxylation sites is 1. The van der Waals surface area contributed by atoms with Gasteiger partial charge in [0.25, 0.3) is 5.56 Å². The maximum atomic E-state index is 12.5. The Balaban J connectivity index is 1.47. The molecule has 0 aliphatic carbocycles. The van der Waals surface area contributed by atoms with Crippen molar-refractivity contribution in [2.75, 3.05) is 13.2 Å². The zero-order chi connectivity index (χ0) is 17.2. The third-order valence-corrected chi connectivity index (χ3v) is 4.48. The number of aromatic nitrogens is 2. The molecule has 1 aliphatic rings. The second-order valence-electron chi connectivity index (χ2n) is 6.23. The van der Waals surface area contributed by atoms with Crippen LogP contribution in [0.15, 0.2) is 39.8 Å². The minimum atomic E-state index is -0.351. The van der Waals surface area contributed by atoms with Crippen LogP contribution >= 0.6 is 0 Å². The highest BCUT2D eigenvalue weighted by Gasteiger charge is 2.16. The molecule has 1 saturated heterocycles. The van der Waals surface area contributed by atoms with Gasteiger partial charge in [0.15, 0.2) is 0 Å². The van der Waals surface area contributed by atoms with E-state index in [9.17, 15) is 9.59 Å². The number of carbonyl (C=O) groups is 1. The van der Waals surface area contributed by atoms with Gasteiger partial charge in [0.1, 0.15) is 17.6 Å². The molecule has 0 radical (unpaired) electrons. The molecule has 7 heteroatoms. The summed E-state index contributed by atoms with van der Waals surface area (Å²) in [7, 11) is 0. The predicted octanol–water partition coefficient (Wildman–Crippen LogP) is 1.83. The largest absolute Gasteiger partial charge is 0.448 e. The average Bonchev–Trinajstić information content (AvgIpc) is 3.25. The monoisotopic (exact) mass is 341 g/mol. The lowest BCUT2D eigenvalue weighted by Crippen LogP contribution is -2.33. The van der Waals surface area contributed by atoms with Gasteiger partial charge in [-0.05, 0) is 31.4 Å². The molecule has 25 heavy (non-hydrogen) atoms. The molecule has 1 fully saturated rings. The Morgan fingerprint density at radius 1 is 1.36 bits per heavy atom. The summed E-state index contributed by atoms with van der Waals surface area (Å²) in [4.78, 5) is 28.9. The Labute approximate surface area is 143 Å². The SMILES string of the molecule is O=C(Cn1cnc2c(oc3ccccc32)c1=O)NCC[C@@H]1CCCO1. The van der Waals surface area contributed by atoms with E-state index in [1.165, 1.54) is 10.9 Å². The van der Waals surface area contributed by atoms with Gasteiger partial charge in [-0.1, -0.05) is 12.1 Å². The third-order valence-electron chi connectivity index (χ3n) is 4.48. The van der Waals surface area contributed by atoms with Crippen LogP contribution in [0.25, 0.3) is 22.1 Å². The molecule has 0 saturated carbocycles. The zero-order valence-electron chi connectivity index (χ0n) is 13.7. The number of furan rings is 1. The van der Waals surface area contributed by atoms with E-state index in [4.69, 9.17) is 9.15 Å². The van der Waals surface area contributed by atoms with Gasteiger partial charge in [-0.3, -0.25) is 14.2 Å². The number of hydrogen-bond acceptors (Lipinski definition) is 5. The molecular weight excluding hydrogens is 322 g/mol. The van der Waals surface area contributed by atoms with Crippen molar-refractivity contribution >= 4 is 28.0 Å². The Bertz CT molecular complexity index is 969. The van der Waals surface area contributed by atoms with E-state index in [2.05, 4.69) is 10.3 Å². The van der Waals surface area contributed by atoms with Crippen LogP contribution in [0.3, 0.4) is 0 Å². The zero-order valence-corrected chi connectivity index (χ0v) is 13.7. The summed E-state index contributed by atoms with van der Waals surface area (Å²) < 4.78 is 12.4. The van der Waals surface area contributed by atoms with E-state index in [0.29, 0.717) is 17.6 Å². The molecule has 0 spiro atoms. The van der Waals surface area contributed by atoms with Gasteiger partial charge in [-0.15, -0.1) is 0 Å². The maximum absolute atomic E-state index is 12.5. The van der Waals surface area contributed by atoms with E-state index in [1.807, 2.05) is 18.2 Å². The van der Waals surface area contributed by atoms with Crippen LogP contribution in [0.2, 0.25) is 0 Å². The van der Waals surface area contributed by atoms with Crippen molar-refractivity contribution in [3.05, 3.63) is 40.9 Å². The van der Waals surface area contributed by atoms with Crippen LogP contribution in [0.5, 0.6) is 0 Å². The van der Waals surface area contributed by atoms with Crippen molar-refractivity contribution in [3.8, 4) is 0 Å². The standard InChI is InChI=1S/C18H19N3O4/c22-15(19-8-7-12-4-3-9-24-12)10-21-11-20-16-13-5-1-2-6-14(13)25-17(16)18(21)23/h1-2,5-6,11-12H,3-4,7-10H2,(H,19,22)/t12-/m0/s1. The molecule has 1 amide bonds. The molecule has 4 rings (SSSR count). The van der Waals surface area contributed by atoms with Crippen molar-refractivity contribution in [1.29, 1.82) is 0 Å². The maximum Gasteiger partial charge on any atom is 0.297 e. The molecule has 7 nitrogen and oxygen atoms in total. The number of ether oxygens (including phenoxy) is 1. The van der Waals surface area contributed by atoms with E-state index < -0.39 is 0 Å². The number of benzene rings is 1. The summed E-state index contributed by atoms with van der Waals surface area (Å²) in [5, 5.41) is 3.62. The van der Waals surface area contributed by atoms with Crippen molar-refractivity contribution in [2.24, 2.45) is 0 Å². The second kappa shape index (κ2) is 6.68. The number of fused-ring (bicyclic) bond motifs is 3. The van der Waals surface area contributed by atoms with Gasteiger partial charge in [0.2, 0.25) is 11.5 Å². The highest BCUT2D eigenvalue weighted by Crippen LogP contribution is 2.23. The molecule has 0 unspecified atom stereocenters. The van der Waals surface area contributed by atoms with Gasteiger partial charge in [-0.2, -0.15) is 0 Å². The normalized spacial score (nSPS) is 17.4. The van der Waals surface area contributed by atoms with E-state index in [0.717, 1.165) is 31.3 Å². The minimum Gasteiger partial charge on any atom is -0.448 e. The fourth-order valence-corrected chi connectivity index (χ4v) is 3.18. The van der Waals surface area contributed by atoms with Crippen LogP contribution in [0.4, 0.5) is 0 Å². The Morgan fingerprint density at radius 3 is 3.08 bits per heavy atom. The van der Waals surface area contributed by atoms with Crippen molar-refractivity contribution < 1.29 is 13.9 Å². The highest BCUT2D eigenvalue weighted by atomic mass is 16.5. The first kappa shape index (κ1) is 15.8. The lowest BCUT2D eigenvalue weighted by molar-refractivity contribution is -0.121. The number of rotatable bonds is 5. The Morgan fingerprint density at radius 2 is 2.24 bits per heavy atom. The van der Waals surface area contributed by atoms with Crippen molar-refractivity contribution in [2.45, 2.75) is 31.9 Å². The summed E-state index contributed by atoms with van der Waals surface area (Å²) in [5.74, 6) is -0.225. The summed E-state index contributed by atoms with van der Waals surface area (Å²) in [6, 6.07) is 7.35. The summed E-state index contributed by atoms with van der Waals surface area (Å²) >= 11 is 0. The fraction of sp³-hybridized carbons (Fsp3) is 0.389. The van der Waals surface area contributed by atoms with Gasteiger partial charge in [-0.25, -0.2) is 4.98 Å². The van der Waals surface area contributed by atoms with E-state index in [1.54, 1.807) is 6.07 Å². The summed E-state index contributed by atoms with van der Waals surface area (Å²) in [6.07, 6.45) is 4.55. The van der Waals surface area contributed by atoms with E-state index in [-0.39, 0.29) is 29.7 Å². The number of hydrogen-bond donors (Lipinski definition) is 1. The smallest absolute Gasteiger partial charge is 0.297 e. The molecule has 1 N–H and O–H groups in total. The van der Waals surface area contributed by atoms with Crippen LogP contribution in [-0.2, 0) is 16.1 Å². The molecule has 2 aromatic heterocycles. The van der Waals surface area contributed by atoms with Crippen LogP contribution in [-0.4, -0.2) is 34.7 Å². The quantitative estimate of drug-likeness (QED) is 0.765. The molecule has 1 atom stereocenters. The topological polar surface area (TPSA) is 86.4 Å². The third kappa shape index (κ3) is 3.15. The molecule has 130 valence electrons. The first-order valence-corrected chi connectivity index (χ1v) is 8.47. The van der Waals surface area contributed by atoms with Crippen LogP contribution < -0.4 is 10.9 Å². The predicted molar refractivity (Wildman–Crippen MR) is 92.4 cm³/mol. The summed E-state index contributed by atoms with van der Waals surface area (Å²) in [5.41, 5.74) is 0.961. The van der Waals surface area contributed by atoms with Gasteiger partial charge < -0.3 is 14.5 Å². The van der Waals surface area contributed by atoms with Gasteiger partial charge >= 0.3 is 0 Å².